The van der Waals surface area contributed by atoms with Crippen molar-refractivity contribution in [2.24, 2.45) is 5.41 Å². The van der Waals surface area contributed by atoms with Crippen LogP contribution >= 0.6 is 0 Å². The fraction of sp³-hybridized carbons (Fsp3) is 0.769. The van der Waals surface area contributed by atoms with Crippen molar-refractivity contribution in [3.05, 3.63) is 11.6 Å². The van der Waals surface area contributed by atoms with E-state index >= 15 is 0 Å². The van der Waals surface area contributed by atoms with Gasteiger partial charge in [0.15, 0.2) is 5.78 Å². The summed E-state index contributed by atoms with van der Waals surface area (Å²) in [5, 5.41) is 0. The van der Waals surface area contributed by atoms with Crippen LogP contribution in [0, 0.1) is 5.41 Å². The van der Waals surface area contributed by atoms with Crippen molar-refractivity contribution in [1.29, 1.82) is 0 Å². The van der Waals surface area contributed by atoms with E-state index in [4.69, 9.17) is 0 Å². The minimum Gasteiger partial charge on any atom is -0.299 e. The third-order valence-electron chi connectivity index (χ3n) is 4.01. The van der Waals surface area contributed by atoms with Crippen molar-refractivity contribution < 1.29 is 4.79 Å². The minimum atomic E-state index is -0.191. The van der Waals surface area contributed by atoms with Crippen molar-refractivity contribution in [1.82, 2.24) is 4.90 Å². The van der Waals surface area contributed by atoms with E-state index in [9.17, 15) is 4.79 Å². The summed E-state index contributed by atoms with van der Waals surface area (Å²) in [7, 11) is 0. The molecule has 0 aromatic carbocycles. The molecule has 1 heterocycles. The minimum absolute atomic E-state index is 0.191. The van der Waals surface area contributed by atoms with Crippen LogP contribution in [0.25, 0.3) is 0 Å². The first kappa shape index (κ1) is 10.9. The molecule has 2 nitrogen and oxygen atoms in total. The van der Waals surface area contributed by atoms with Gasteiger partial charge >= 0.3 is 0 Å². The number of nitrogens with zero attached hydrogens (tertiary/aromatic N) is 1. The van der Waals surface area contributed by atoms with Crippen LogP contribution in [-0.4, -0.2) is 29.8 Å². The van der Waals surface area contributed by atoms with Gasteiger partial charge in [0.2, 0.25) is 0 Å². The highest BCUT2D eigenvalue weighted by molar-refractivity contribution is 6.00. The van der Waals surface area contributed by atoms with Gasteiger partial charge in [0.1, 0.15) is 0 Å². The fourth-order valence-electron chi connectivity index (χ4n) is 2.99. The molecule has 0 aromatic rings. The van der Waals surface area contributed by atoms with E-state index in [2.05, 4.69) is 24.8 Å². The van der Waals surface area contributed by atoms with Gasteiger partial charge in [-0.05, 0) is 44.8 Å². The van der Waals surface area contributed by atoms with E-state index in [0.717, 1.165) is 12.0 Å². The van der Waals surface area contributed by atoms with Gasteiger partial charge < -0.3 is 0 Å². The lowest BCUT2D eigenvalue weighted by Gasteiger charge is -2.41. The second-order valence-corrected chi connectivity index (χ2v) is 5.43. The van der Waals surface area contributed by atoms with E-state index in [1.54, 1.807) is 0 Å². The molecule has 1 fully saturated rings. The van der Waals surface area contributed by atoms with Crippen molar-refractivity contribution >= 4 is 5.78 Å². The van der Waals surface area contributed by atoms with Crippen LogP contribution in [0.4, 0.5) is 0 Å². The topological polar surface area (TPSA) is 20.3 Å². The first-order valence-electron chi connectivity index (χ1n) is 5.99. The second kappa shape index (κ2) is 3.75. The Bertz CT molecular complexity index is 298. The Balaban J connectivity index is 2.22. The average molecular weight is 207 g/mol. The normalized spacial score (nSPS) is 31.8. The Morgan fingerprint density at radius 1 is 1.33 bits per heavy atom. The summed E-state index contributed by atoms with van der Waals surface area (Å²) in [6.45, 7) is 8.51. The Labute approximate surface area is 92.3 Å². The molecular weight excluding hydrogens is 186 g/mol. The van der Waals surface area contributed by atoms with Gasteiger partial charge in [0.05, 0.1) is 0 Å². The van der Waals surface area contributed by atoms with Crippen LogP contribution in [0.1, 0.15) is 40.0 Å². The van der Waals surface area contributed by atoms with Gasteiger partial charge in [-0.25, -0.2) is 0 Å². The van der Waals surface area contributed by atoms with Crippen LogP contribution in [0.5, 0.6) is 0 Å². The summed E-state index contributed by atoms with van der Waals surface area (Å²) in [4.78, 5) is 14.6. The molecule has 1 aliphatic carbocycles. The maximum atomic E-state index is 12.1. The molecule has 2 rings (SSSR count). The molecule has 1 aliphatic heterocycles. The average Bonchev–Trinajstić information content (AvgIpc) is 2.67. The van der Waals surface area contributed by atoms with Crippen molar-refractivity contribution in [3.8, 4) is 0 Å². The van der Waals surface area contributed by atoms with E-state index < -0.39 is 0 Å². The summed E-state index contributed by atoms with van der Waals surface area (Å²) < 4.78 is 0. The van der Waals surface area contributed by atoms with E-state index in [1.807, 2.05) is 6.92 Å². The first-order valence-corrected chi connectivity index (χ1v) is 5.99. The highest BCUT2D eigenvalue weighted by Crippen LogP contribution is 2.36. The van der Waals surface area contributed by atoms with Gasteiger partial charge in [-0.2, -0.15) is 0 Å². The predicted octanol–water partition coefficient (Wildman–Crippen LogP) is 2.40. The Morgan fingerprint density at radius 2 is 1.93 bits per heavy atom. The summed E-state index contributed by atoms with van der Waals surface area (Å²) in [6, 6.07) is 0.427. The van der Waals surface area contributed by atoms with Gasteiger partial charge in [0, 0.05) is 11.5 Å². The third kappa shape index (κ3) is 1.76. The Hall–Kier alpha value is -0.630. The van der Waals surface area contributed by atoms with Crippen LogP contribution < -0.4 is 0 Å². The lowest BCUT2D eigenvalue weighted by molar-refractivity contribution is -0.127. The Kier molecular flexibility index (Phi) is 2.72. The molecule has 1 atom stereocenters. The largest absolute Gasteiger partial charge is 0.299 e. The van der Waals surface area contributed by atoms with Crippen molar-refractivity contribution in [2.75, 3.05) is 13.1 Å². The smallest absolute Gasteiger partial charge is 0.165 e. The van der Waals surface area contributed by atoms with Crippen LogP contribution in [0.2, 0.25) is 0 Å². The quantitative estimate of drug-likeness (QED) is 0.658. The monoisotopic (exact) mass is 207 g/mol. The lowest BCUT2D eigenvalue weighted by Crippen LogP contribution is -2.49. The van der Waals surface area contributed by atoms with Gasteiger partial charge in [0.25, 0.3) is 0 Å². The summed E-state index contributed by atoms with van der Waals surface area (Å²) in [5.41, 5.74) is 0.763. The fourth-order valence-corrected chi connectivity index (χ4v) is 2.99. The van der Waals surface area contributed by atoms with E-state index in [-0.39, 0.29) is 5.41 Å². The molecule has 2 heteroatoms. The maximum Gasteiger partial charge on any atom is 0.165 e. The molecule has 0 spiro atoms. The predicted molar refractivity (Wildman–Crippen MR) is 61.8 cm³/mol. The summed E-state index contributed by atoms with van der Waals surface area (Å²) in [6.07, 6.45) is 5.76. The molecule has 15 heavy (non-hydrogen) atoms. The zero-order valence-corrected chi connectivity index (χ0v) is 10.0. The molecule has 1 unspecified atom stereocenters. The molecule has 0 radical (unpaired) electrons. The summed E-state index contributed by atoms with van der Waals surface area (Å²) in [5.74, 6) is 0.339. The highest BCUT2D eigenvalue weighted by atomic mass is 16.1. The standard InChI is InChI=1S/C13H21NO/c1-10-6-7-11(13(2,3)12(10)15)14-8-4-5-9-14/h6,11H,4-5,7-9H2,1-3H3. The van der Waals surface area contributed by atoms with Gasteiger partial charge in [-0.1, -0.05) is 19.9 Å². The zero-order chi connectivity index (χ0) is 11.1. The molecule has 0 saturated carbocycles. The van der Waals surface area contributed by atoms with E-state index in [1.165, 1.54) is 25.9 Å². The number of Topliss-reactive ketones (excluding diaryl/α,β-unsaturated/α-hetero) is 1. The zero-order valence-electron chi connectivity index (χ0n) is 10.0. The van der Waals surface area contributed by atoms with E-state index in [0.29, 0.717) is 11.8 Å². The highest BCUT2D eigenvalue weighted by Gasteiger charge is 2.42. The van der Waals surface area contributed by atoms with Crippen LogP contribution in [0.3, 0.4) is 0 Å². The molecule has 0 N–H and O–H groups in total. The molecule has 0 aromatic heterocycles. The molecule has 1 saturated heterocycles. The van der Waals surface area contributed by atoms with Crippen molar-refractivity contribution in [3.63, 3.8) is 0 Å². The molecular formula is C13H21NO. The van der Waals surface area contributed by atoms with Gasteiger partial charge in [-0.15, -0.1) is 0 Å². The van der Waals surface area contributed by atoms with Crippen LogP contribution in [0.15, 0.2) is 11.6 Å². The van der Waals surface area contributed by atoms with Crippen molar-refractivity contribution in [2.45, 2.75) is 46.1 Å². The SMILES string of the molecule is CC1=CCC(N2CCCC2)C(C)(C)C1=O. The number of allylic oxidation sites excluding steroid dienone is 1. The number of ketones is 1. The van der Waals surface area contributed by atoms with Crippen LogP contribution in [-0.2, 0) is 4.79 Å². The molecule has 84 valence electrons. The second-order valence-electron chi connectivity index (χ2n) is 5.43. The number of rotatable bonds is 1. The Morgan fingerprint density at radius 3 is 2.53 bits per heavy atom. The number of hydrogen-bond acceptors (Lipinski definition) is 2. The molecule has 0 bridgehead atoms. The third-order valence-corrected chi connectivity index (χ3v) is 4.01. The lowest BCUT2D eigenvalue weighted by atomic mass is 9.72. The molecule has 2 aliphatic rings. The number of hydrogen-bond donors (Lipinski definition) is 0. The first-order chi connectivity index (χ1) is 7.03. The maximum absolute atomic E-state index is 12.1. The van der Waals surface area contributed by atoms with Gasteiger partial charge in [-0.3, -0.25) is 9.69 Å². The molecule has 0 amide bonds. The number of carbonyl (C=O) groups is 1. The number of likely N-dealkylation sites (tertiary alicyclic amines) is 1. The summed E-state index contributed by atoms with van der Waals surface area (Å²) >= 11 is 0. The number of carbonyl (C=O) groups excluding carboxylic acids is 1.